The van der Waals surface area contributed by atoms with Crippen LogP contribution in [0.1, 0.15) is 25.3 Å². The van der Waals surface area contributed by atoms with Gasteiger partial charge in [-0.05, 0) is 66.9 Å². The van der Waals surface area contributed by atoms with E-state index in [0.717, 1.165) is 24.2 Å². The van der Waals surface area contributed by atoms with Gasteiger partial charge in [0.05, 0.1) is 18.5 Å². The van der Waals surface area contributed by atoms with E-state index < -0.39 is 5.91 Å². The van der Waals surface area contributed by atoms with Crippen molar-refractivity contribution in [2.24, 2.45) is 0 Å². The average molecular weight is 493 g/mol. The first kappa shape index (κ1) is 23.9. The maximum absolute atomic E-state index is 13.5. The van der Waals surface area contributed by atoms with Crippen molar-refractivity contribution < 1.29 is 14.3 Å². The van der Waals surface area contributed by atoms with E-state index in [1.807, 2.05) is 48.5 Å². The lowest BCUT2D eigenvalue weighted by Gasteiger charge is -2.16. The van der Waals surface area contributed by atoms with E-state index in [1.165, 1.54) is 22.2 Å². The molecule has 1 aliphatic rings. The lowest BCUT2D eigenvalue weighted by molar-refractivity contribution is -0.120. The molecule has 0 radical (unpaired) electrons. The van der Waals surface area contributed by atoms with Gasteiger partial charge in [-0.3, -0.25) is 9.59 Å². The molecule has 0 bridgehead atoms. The van der Waals surface area contributed by atoms with Crippen LogP contribution in [0, 0.1) is 0 Å². The first-order valence-corrected chi connectivity index (χ1v) is 12.3. The molecule has 0 spiro atoms. The molecule has 1 heterocycles. The number of nitrogens with one attached hydrogen (secondary N) is 1. The van der Waals surface area contributed by atoms with Gasteiger partial charge in [-0.15, -0.1) is 0 Å². The van der Waals surface area contributed by atoms with Crippen LogP contribution in [0.4, 0.5) is 11.4 Å². The number of anilines is 2. The summed E-state index contributed by atoms with van der Waals surface area (Å²) in [4.78, 5) is 29.4. The monoisotopic (exact) mass is 492 g/mol. The number of benzene rings is 3. The molecule has 4 rings (SSSR count). The van der Waals surface area contributed by atoms with Gasteiger partial charge in [0.2, 0.25) is 0 Å². The van der Waals surface area contributed by atoms with Crippen molar-refractivity contribution >= 4 is 46.6 Å². The molecule has 34 heavy (non-hydrogen) atoms. The molecule has 1 N–H and O–H groups in total. The lowest BCUT2D eigenvalue weighted by Crippen LogP contribution is -2.32. The minimum Gasteiger partial charge on any atom is -0.495 e. The number of carbonyl (C=O) groups is 2. The Labute approximate surface area is 208 Å². The van der Waals surface area contributed by atoms with Gasteiger partial charge in [-0.1, -0.05) is 61.0 Å². The summed E-state index contributed by atoms with van der Waals surface area (Å²) in [6.45, 7) is 2.15. The molecule has 0 saturated carbocycles. The van der Waals surface area contributed by atoms with Gasteiger partial charge in [0.1, 0.15) is 16.4 Å². The van der Waals surface area contributed by atoms with Crippen molar-refractivity contribution in [1.29, 1.82) is 0 Å². The Morgan fingerprint density at radius 3 is 2.32 bits per heavy atom. The molecule has 1 aliphatic heterocycles. The van der Waals surface area contributed by atoms with Crippen LogP contribution in [0.3, 0.4) is 0 Å². The number of rotatable bonds is 9. The molecule has 0 atom stereocenters. The largest absolute Gasteiger partial charge is 0.495 e. The zero-order chi connectivity index (χ0) is 24.1. The van der Waals surface area contributed by atoms with Gasteiger partial charge in [0, 0.05) is 9.92 Å². The number of aryl methyl sites for hydroxylation is 1. The molecular weight excluding hydrogens is 468 g/mol. The molecule has 0 fully saturated rings. The predicted octanol–water partition coefficient (Wildman–Crippen LogP) is 6.68. The lowest BCUT2D eigenvalue weighted by atomic mass is 10.1. The van der Waals surface area contributed by atoms with Crippen molar-refractivity contribution in [3.63, 3.8) is 0 Å². The average Bonchev–Trinajstić information content (AvgIpc) is 3.08. The Bertz CT molecular complexity index is 1220. The van der Waals surface area contributed by atoms with Crippen LogP contribution in [0.15, 0.2) is 88.3 Å². The van der Waals surface area contributed by atoms with E-state index in [-0.39, 0.29) is 11.6 Å². The van der Waals surface area contributed by atoms with Crippen LogP contribution in [0.2, 0.25) is 5.02 Å². The predicted molar refractivity (Wildman–Crippen MR) is 138 cm³/mol. The molecule has 0 unspecified atom stereocenters. The Morgan fingerprint density at radius 2 is 1.65 bits per heavy atom. The van der Waals surface area contributed by atoms with Gasteiger partial charge in [0.15, 0.2) is 0 Å². The number of ether oxygens (including phenoxy) is 1. The number of methoxy groups -OCH3 is 1. The molecule has 0 aliphatic carbocycles. The number of thioether (sulfide) groups is 1. The maximum atomic E-state index is 13.5. The second kappa shape index (κ2) is 10.8. The molecule has 0 saturated heterocycles. The highest BCUT2D eigenvalue weighted by Crippen LogP contribution is 2.39. The number of nitrogens with zero attached hydrogens (tertiary/aromatic N) is 1. The third kappa shape index (κ3) is 5.13. The normalized spacial score (nSPS) is 13.6. The second-order valence-corrected chi connectivity index (χ2v) is 9.32. The highest BCUT2D eigenvalue weighted by atomic mass is 35.5. The quantitative estimate of drug-likeness (QED) is 0.337. The number of hydrogen-bond donors (Lipinski definition) is 1. The van der Waals surface area contributed by atoms with Gasteiger partial charge in [-0.25, -0.2) is 4.90 Å². The summed E-state index contributed by atoms with van der Waals surface area (Å²) in [7, 11) is 1.56. The van der Waals surface area contributed by atoms with Crippen molar-refractivity contribution in [3.8, 4) is 5.75 Å². The van der Waals surface area contributed by atoms with Gasteiger partial charge in [0.25, 0.3) is 11.8 Å². The summed E-state index contributed by atoms with van der Waals surface area (Å²) in [6.07, 6.45) is 3.17. The molecule has 5 nitrogen and oxygen atoms in total. The summed E-state index contributed by atoms with van der Waals surface area (Å²) in [6, 6.07) is 22.1. The topological polar surface area (TPSA) is 58.6 Å². The maximum Gasteiger partial charge on any atom is 0.283 e. The smallest absolute Gasteiger partial charge is 0.283 e. The first-order valence-electron chi connectivity index (χ1n) is 11.1. The Kier molecular flexibility index (Phi) is 7.60. The third-order valence-electron chi connectivity index (χ3n) is 5.46. The number of imide groups is 1. The number of amides is 2. The molecule has 2 amide bonds. The van der Waals surface area contributed by atoms with Crippen LogP contribution >= 0.6 is 23.4 Å². The molecule has 174 valence electrons. The number of para-hydroxylation sites is 2. The molecular formula is C27H25ClN2O3S. The molecule has 3 aromatic rings. The highest BCUT2D eigenvalue weighted by molar-refractivity contribution is 8.04. The first-order chi connectivity index (χ1) is 16.5. The Morgan fingerprint density at radius 1 is 0.941 bits per heavy atom. The van der Waals surface area contributed by atoms with Crippen LogP contribution in [0.25, 0.3) is 0 Å². The molecule has 7 heteroatoms. The zero-order valence-corrected chi connectivity index (χ0v) is 20.6. The minimum atomic E-state index is -0.409. The standard InChI is InChI=1S/C27H25ClN2O3S/c1-3-4-7-18-10-14-20(15-11-18)30-26(31)24(29-22-8-5-6-9-23(22)33-2)25(27(30)32)34-21-16-12-19(28)13-17-21/h5-6,8-17,29H,3-4,7H2,1-2H3. The summed E-state index contributed by atoms with van der Waals surface area (Å²) >= 11 is 7.25. The molecule has 3 aromatic carbocycles. The van der Waals surface area contributed by atoms with E-state index in [1.54, 1.807) is 31.4 Å². The van der Waals surface area contributed by atoms with Crippen molar-refractivity contribution in [3.05, 3.63) is 94.0 Å². The third-order valence-corrected chi connectivity index (χ3v) is 6.80. The number of unbranched alkanes of at least 4 members (excludes halogenated alkanes) is 1. The summed E-state index contributed by atoms with van der Waals surface area (Å²) in [5.74, 6) is -0.206. The van der Waals surface area contributed by atoms with E-state index in [9.17, 15) is 9.59 Å². The van der Waals surface area contributed by atoms with Crippen LogP contribution < -0.4 is 15.0 Å². The van der Waals surface area contributed by atoms with E-state index in [2.05, 4.69) is 12.2 Å². The second-order valence-electron chi connectivity index (χ2n) is 7.80. The summed E-state index contributed by atoms with van der Waals surface area (Å²) in [5, 5.41) is 3.76. The fourth-order valence-electron chi connectivity index (χ4n) is 3.64. The van der Waals surface area contributed by atoms with Crippen molar-refractivity contribution in [1.82, 2.24) is 0 Å². The minimum absolute atomic E-state index is 0.213. The van der Waals surface area contributed by atoms with Crippen LogP contribution in [-0.2, 0) is 16.0 Å². The fourth-order valence-corrected chi connectivity index (χ4v) is 4.70. The van der Waals surface area contributed by atoms with Gasteiger partial charge >= 0.3 is 0 Å². The van der Waals surface area contributed by atoms with Crippen molar-refractivity contribution in [2.75, 3.05) is 17.3 Å². The molecule has 0 aromatic heterocycles. The van der Waals surface area contributed by atoms with Crippen molar-refractivity contribution in [2.45, 2.75) is 31.1 Å². The Balaban J connectivity index is 1.69. The highest BCUT2D eigenvalue weighted by Gasteiger charge is 2.40. The number of carbonyl (C=O) groups excluding carboxylic acids is 2. The number of halogens is 1. The Hall–Kier alpha value is -3.22. The SMILES string of the molecule is CCCCc1ccc(N2C(=O)C(Nc3ccccc3OC)=C(Sc3ccc(Cl)cc3)C2=O)cc1. The number of hydrogen-bond acceptors (Lipinski definition) is 5. The fraction of sp³-hybridized carbons (Fsp3) is 0.185. The van der Waals surface area contributed by atoms with E-state index >= 15 is 0 Å². The van der Waals surface area contributed by atoms with Gasteiger partial charge in [-0.2, -0.15) is 0 Å². The van der Waals surface area contributed by atoms with E-state index in [4.69, 9.17) is 16.3 Å². The summed E-state index contributed by atoms with van der Waals surface area (Å²) in [5.41, 5.74) is 2.54. The van der Waals surface area contributed by atoms with E-state index in [0.29, 0.717) is 27.1 Å². The van der Waals surface area contributed by atoms with Crippen LogP contribution in [0.5, 0.6) is 5.75 Å². The van der Waals surface area contributed by atoms with Crippen LogP contribution in [-0.4, -0.2) is 18.9 Å². The zero-order valence-electron chi connectivity index (χ0n) is 19.0. The summed E-state index contributed by atoms with van der Waals surface area (Å²) < 4.78 is 5.42. The van der Waals surface area contributed by atoms with Gasteiger partial charge < -0.3 is 10.1 Å².